The molecule has 0 amide bonds. The van der Waals surface area contributed by atoms with E-state index in [1.54, 1.807) is 0 Å². The van der Waals surface area contributed by atoms with Gasteiger partial charge in [-0.25, -0.2) is 0 Å². The van der Waals surface area contributed by atoms with Gasteiger partial charge in [-0.05, 0) is 57.8 Å². The lowest BCUT2D eigenvalue weighted by atomic mass is 10.0. The van der Waals surface area contributed by atoms with Gasteiger partial charge < -0.3 is 14.2 Å². The molecular weight excluding hydrogens is 853 g/mol. The van der Waals surface area contributed by atoms with Crippen LogP contribution in [0.2, 0.25) is 0 Å². The van der Waals surface area contributed by atoms with Gasteiger partial charge in [-0.15, -0.1) is 0 Å². The first kappa shape index (κ1) is 66.6. The average molecular weight is 970 g/mol. The molecule has 69 heavy (non-hydrogen) atoms. The van der Waals surface area contributed by atoms with Crippen LogP contribution in [0.15, 0.2) is 36.5 Å². The summed E-state index contributed by atoms with van der Waals surface area (Å²) >= 11 is 0. The van der Waals surface area contributed by atoms with Gasteiger partial charge in [0, 0.05) is 19.3 Å². The predicted octanol–water partition coefficient (Wildman–Crippen LogP) is 20.4. The molecule has 0 heterocycles. The minimum Gasteiger partial charge on any atom is -0.462 e. The number of rotatable bonds is 56. The molecule has 0 N–H and O–H groups in total. The van der Waals surface area contributed by atoms with E-state index in [-0.39, 0.29) is 31.1 Å². The van der Waals surface area contributed by atoms with Gasteiger partial charge in [-0.1, -0.05) is 288 Å². The first-order valence-corrected chi connectivity index (χ1v) is 30.5. The SMILES string of the molecule is CCCCC/C=C\C/C=C\C/C=C\CCCCCCC(=O)OC[C@H](COC(=O)CCCCCCCCCCCCCCCCCCC)OC(=O)CCCCCCCCCCCCCCCCCCC. The molecule has 0 fully saturated rings. The van der Waals surface area contributed by atoms with E-state index in [9.17, 15) is 14.4 Å². The van der Waals surface area contributed by atoms with Crippen LogP contribution >= 0.6 is 0 Å². The maximum absolute atomic E-state index is 12.9. The predicted molar refractivity (Wildman–Crippen MR) is 298 cm³/mol. The van der Waals surface area contributed by atoms with E-state index in [0.29, 0.717) is 19.3 Å². The Labute approximate surface area is 429 Å². The van der Waals surface area contributed by atoms with Crippen LogP contribution < -0.4 is 0 Å². The molecule has 0 saturated heterocycles. The number of hydrogen-bond acceptors (Lipinski definition) is 6. The summed E-state index contributed by atoms with van der Waals surface area (Å²) in [7, 11) is 0. The largest absolute Gasteiger partial charge is 0.462 e. The molecule has 0 aliphatic rings. The van der Waals surface area contributed by atoms with Gasteiger partial charge in [0.25, 0.3) is 0 Å². The summed E-state index contributed by atoms with van der Waals surface area (Å²) in [4.78, 5) is 38.2. The van der Waals surface area contributed by atoms with Crippen LogP contribution in [0.1, 0.15) is 329 Å². The van der Waals surface area contributed by atoms with E-state index in [2.05, 4.69) is 57.2 Å². The van der Waals surface area contributed by atoms with Gasteiger partial charge in [0.15, 0.2) is 6.10 Å². The molecular formula is C63H116O6. The van der Waals surface area contributed by atoms with Crippen molar-refractivity contribution in [1.82, 2.24) is 0 Å². The highest BCUT2D eigenvalue weighted by Crippen LogP contribution is 2.17. The smallest absolute Gasteiger partial charge is 0.306 e. The van der Waals surface area contributed by atoms with Crippen molar-refractivity contribution in [3.63, 3.8) is 0 Å². The van der Waals surface area contributed by atoms with Gasteiger partial charge in [0.2, 0.25) is 0 Å². The van der Waals surface area contributed by atoms with E-state index >= 15 is 0 Å². The van der Waals surface area contributed by atoms with Crippen molar-refractivity contribution in [2.75, 3.05) is 13.2 Å². The molecule has 6 heteroatoms. The summed E-state index contributed by atoms with van der Waals surface area (Å²) in [5.41, 5.74) is 0. The van der Waals surface area contributed by atoms with Crippen molar-refractivity contribution in [1.29, 1.82) is 0 Å². The molecule has 0 aliphatic heterocycles. The molecule has 0 bridgehead atoms. The van der Waals surface area contributed by atoms with E-state index < -0.39 is 6.10 Å². The van der Waals surface area contributed by atoms with Crippen LogP contribution in [-0.2, 0) is 28.6 Å². The molecule has 0 aromatic rings. The molecule has 6 nitrogen and oxygen atoms in total. The highest BCUT2D eigenvalue weighted by molar-refractivity contribution is 5.71. The standard InChI is InChI=1S/C63H116O6/c1-4-7-10-13-16-19-22-25-28-31-34-37-40-43-46-49-52-55-61(64)67-58-60(69-63(66)57-54-51-48-45-42-39-36-33-30-27-24-21-18-15-12-9-6-3)59-68-62(65)56-53-50-47-44-41-38-35-32-29-26-23-20-17-14-11-8-5-2/h16,19,25,28,34,37,60H,4-15,17-18,20-24,26-27,29-33,35-36,38-59H2,1-3H3/b19-16-,28-25-,37-34-/t60-/m1/s1. The monoisotopic (exact) mass is 969 g/mol. The second kappa shape index (κ2) is 58.2. The average Bonchev–Trinajstić information content (AvgIpc) is 3.35. The summed E-state index contributed by atoms with van der Waals surface area (Å²) < 4.78 is 16.9. The number of ether oxygens (including phenoxy) is 3. The number of carbonyl (C=O) groups is 3. The lowest BCUT2D eigenvalue weighted by Crippen LogP contribution is -2.30. The molecule has 1 atom stereocenters. The van der Waals surface area contributed by atoms with Gasteiger partial charge in [-0.3, -0.25) is 14.4 Å². The highest BCUT2D eigenvalue weighted by atomic mass is 16.6. The van der Waals surface area contributed by atoms with E-state index in [0.717, 1.165) is 83.5 Å². The summed E-state index contributed by atoms with van der Waals surface area (Å²) in [6.07, 6.45) is 69.9. The minimum absolute atomic E-state index is 0.0741. The lowest BCUT2D eigenvalue weighted by Gasteiger charge is -2.18. The van der Waals surface area contributed by atoms with Crippen molar-refractivity contribution in [3.05, 3.63) is 36.5 Å². The normalized spacial score (nSPS) is 12.2. The third-order valence-corrected chi connectivity index (χ3v) is 13.6. The van der Waals surface area contributed by atoms with Crippen molar-refractivity contribution in [2.24, 2.45) is 0 Å². The number of hydrogen-bond donors (Lipinski definition) is 0. The van der Waals surface area contributed by atoms with Crippen LogP contribution in [-0.4, -0.2) is 37.2 Å². The summed E-state index contributed by atoms with van der Waals surface area (Å²) in [5, 5.41) is 0. The van der Waals surface area contributed by atoms with Crippen LogP contribution in [0, 0.1) is 0 Å². The molecule has 0 spiro atoms. The Morgan fingerprint density at radius 1 is 0.290 bits per heavy atom. The molecule has 404 valence electrons. The zero-order valence-electron chi connectivity index (χ0n) is 46.3. The van der Waals surface area contributed by atoms with Crippen molar-refractivity contribution in [2.45, 2.75) is 335 Å². The van der Waals surface area contributed by atoms with Crippen LogP contribution in [0.25, 0.3) is 0 Å². The minimum atomic E-state index is -0.777. The van der Waals surface area contributed by atoms with Crippen LogP contribution in [0.3, 0.4) is 0 Å². The lowest BCUT2D eigenvalue weighted by molar-refractivity contribution is -0.167. The third-order valence-electron chi connectivity index (χ3n) is 13.6. The molecule has 0 aromatic carbocycles. The fraction of sp³-hybridized carbons (Fsp3) is 0.857. The zero-order chi connectivity index (χ0) is 50.0. The Kier molecular flexibility index (Phi) is 56.2. The Hall–Kier alpha value is -2.37. The summed E-state index contributed by atoms with van der Waals surface area (Å²) in [5.74, 6) is -0.873. The molecule has 0 radical (unpaired) electrons. The van der Waals surface area contributed by atoms with Crippen LogP contribution in [0.5, 0.6) is 0 Å². The van der Waals surface area contributed by atoms with E-state index in [1.807, 2.05) is 0 Å². The van der Waals surface area contributed by atoms with Crippen molar-refractivity contribution in [3.8, 4) is 0 Å². The van der Waals surface area contributed by atoms with E-state index in [4.69, 9.17) is 14.2 Å². The summed E-state index contributed by atoms with van der Waals surface area (Å²) in [6.45, 7) is 6.65. The number of unbranched alkanes of at least 4 members (excludes halogenated alkanes) is 39. The maximum Gasteiger partial charge on any atom is 0.306 e. The maximum atomic E-state index is 12.9. The topological polar surface area (TPSA) is 78.9 Å². The first-order valence-electron chi connectivity index (χ1n) is 30.5. The fourth-order valence-corrected chi connectivity index (χ4v) is 9.04. The van der Waals surface area contributed by atoms with Gasteiger partial charge >= 0.3 is 17.9 Å². The first-order chi connectivity index (χ1) is 34.0. The Morgan fingerprint density at radius 2 is 0.522 bits per heavy atom. The molecule has 0 unspecified atom stereocenters. The second-order valence-electron chi connectivity index (χ2n) is 20.6. The Bertz CT molecular complexity index is 1160. The van der Waals surface area contributed by atoms with Crippen LogP contribution in [0.4, 0.5) is 0 Å². The van der Waals surface area contributed by atoms with E-state index in [1.165, 1.54) is 205 Å². The fourth-order valence-electron chi connectivity index (χ4n) is 9.04. The summed E-state index contributed by atoms with van der Waals surface area (Å²) in [6, 6.07) is 0. The van der Waals surface area contributed by atoms with Crippen molar-refractivity contribution < 1.29 is 28.6 Å². The number of esters is 3. The second-order valence-corrected chi connectivity index (χ2v) is 20.6. The molecule has 0 rings (SSSR count). The number of carbonyl (C=O) groups excluding carboxylic acids is 3. The molecule has 0 saturated carbocycles. The highest BCUT2D eigenvalue weighted by Gasteiger charge is 2.19. The Balaban J connectivity index is 4.36. The van der Waals surface area contributed by atoms with Crippen molar-refractivity contribution >= 4 is 17.9 Å². The van der Waals surface area contributed by atoms with Gasteiger partial charge in [0.1, 0.15) is 13.2 Å². The molecule has 0 aromatic heterocycles. The van der Waals surface area contributed by atoms with Gasteiger partial charge in [-0.2, -0.15) is 0 Å². The zero-order valence-corrected chi connectivity index (χ0v) is 46.3. The quantitative estimate of drug-likeness (QED) is 0.0261. The number of allylic oxidation sites excluding steroid dienone is 6. The molecule has 0 aliphatic carbocycles. The van der Waals surface area contributed by atoms with Gasteiger partial charge in [0.05, 0.1) is 0 Å². The third kappa shape index (κ3) is 56.4. The Morgan fingerprint density at radius 3 is 0.841 bits per heavy atom.